The van der Waals surface area contributed by atoms with E-state index in [1.54, 1.807) is 36.0 Å². The van der Waals surface area contributed by atoms with Crippen molar-refractivity contribution in [2.24, 2.45) is 0 Å². The average molecular weight is 489 g/mol. The highest BCUT2D eigenvalue weighted by atomic mass is 32.1. The van der Waals surface area contributed by atoms with Crippen LogP contribution in [0.3, 0.4) is 0 Å². The van der Waals surface area contributed by atoms with Crippen molar-refractivity contribution in [2.45, 2.75) is 25.9 Å². The van der Waals surface area contributed by atoms with E-state index in [9.17, 15) is 4.79 Å². The lowest BCUT2D eigenvalue weighted by atomic mass is 10.1. The number of anilines is 4. The normalized spacial score (nSPS) is 13.9. The van der Waals surface area contributed by atoms with Gasteiger partial charge in [-0.25, -0.2) is 24.7 Å². The molecule has 5 rings (SSSR count). The van der Waals surface area contributed by atoms with Crippen molar-refractivity contribution in [3.8, 4) is 11.5 Å². The van der Waals surface area contributed by atoms with E-state index in [2.05, 4.69) is 40.9 Å². The first-order chi connectivity index (χ1) is 17.1. The molecule has 0 radical (unpaired) electrons. The Morgan fingerprint density at radius 3 is 2.66 bits per heavy atom. The smallest absolute Gasteiger partial charge is 0.339 e. The van der Waals surface area contributed by atoms with E-state index >= 15 is 0 Å². The van der Waals surface area contributed by atoms with E-state index in [1.807, 2.05) is 25.1 Å². The molecule has 0 spiro atoms. The number of piperidine rings is 1. The molecule has 4 aromatic rings. The topological polar surface area (TPSA) is 127 Å². The Labute approximate surface area is 206 Å². The van der Waals surface area contributed by atoms with Crippen LogP contribution in [0.25, 0.3) is 11.5 Å². The number of hydrogen-bond acceptors (Lipinski definition) is 11. The Kier molecular flexibility index (Phi) is 6.87. The van der Waals surface area contributed by atoms with Crippen LogP contribution in [-0.2, 0) is 4.74 Å². The summed E-state index contributed by atoms with van der Waals surface area (Å²) in [6.45, 7) is 3.67. The lowest BCUT2D eigenvalue weighted by Gasteiger charge is -2.22. The minimum atomic E-state index is -0.305. The molecule has 0 amide bonds. The van der Waals surface area contributed by atoms with Gasteiger partial charge in [0, 0.05) is 23.5 Å². The van der Waals surface area contributed by atoms with Crippen molar-refractivity contribution in [3.05, 3.63) is 65.4 Å². The fourth-order valence-electron chi connectivity index (χ4n) is 3.59. The number of carbonyl (C=O) groups is 1. The summed E-state index contributed by atoms with van der Waals surface area (Å²) in [4.78, 5) is 34.6. The third kappa shape index (κ3) is 5.94. The molecule has 4 aromatic heterocycles. The first-order valence-electron chi connectivity index (χ1n) is 11.3. The zero-order valence-corrected chi connectivity index (χ0v) is 19.9. The molecule has 1 fully saturated rings. The van der Waals surface area contributed by atoms with Crippen LogP contribution in [0.5, 0.6) is 0 Å². The largest absolute Gasteiger partial charge is 0.459 e. The molecule has 1 saturated heterocycles. The summed E-state index contributed by atoms with van der Waals surface area (Å²) in [6.07, 6.45) is 4.95. The monoisotopic (exact) mass is 488 g/mol. The van der Waals surface area contributed by atoms with Crippen LogP contribution in [0.4, 0.5) is 22.6 Å². The molecule has 1 aliphatic heterocycles. The second-order valence-electron chi connectivity index (χ2n) is 8.00. The molecule has 5 heterocycles. The van der Waals surface area contributed by atoms with E-state index in [0.717, 1.165) is 36.6 Å². The number of hydrogen-bond donors (Lipinski definition) is 3. The van der Waals surface area contributed by atoms with Gasteiger partial charge in [0.1, 0.15) is 23.4 Å². The van der Waals surface area contributed by atoms with Crippen LogP contribution in [0.2, 0.25) is 0 Å². The van der Waals surface area contributed by atoms with E-state index in [4.69, 9.17) is 4.74 Å². The summed E-state index contributed by atoms with van der Waals surface area (Å²) in [5.41, 5.74) is 2.11. The van der Waals surface area contributed by atoms with Gasteiger partial charge in [0.25, 0.3) is 0 Å². The first kappa shape index (κ1) is 22.8. The lowest BCUT2D eigenvalue weighted by molar-refractivity contribution is 0.0230. The third-order valence-electron chi connectivity index (χ3n) is 5.31. The molecule has 0 unspecified atom stereocenters. The molecular weight excluding hydrogens is 464 g/mol. The summed E-state index contributed by atoms with van der Waals surface area (Å²) in [7, 11) is 0. The molecule has 0 aliphatic carbocycles. The lowest BCUT2D eigenvalue weighted by Crippen LogP contribution is -2.33. The number of nitrogens with one attached hydrogen (secondary N) is 3. The molecule has 10 nitrogen and oxygen atoms in total. The van der Waals surface area contributed by atoms with Crippen LogP contribution in [-0.4, -0.2) is 50.1 Å². The zero-order valence-electron chi connectivity index (χ0n) is 19.1. The number of aryl methyl sites for hydroxylation is 1. The van der Waals surface area contributed by atoms with Crippen LogP contribution in [0, 0.1) is 6.92 Å². The SMILES string of the molecule is Cc1cccc(-c2nccc(Nc3ccnc(Nc4cc(C(=O)OC5CCNCC5)cs4)n3)n2)n1. The Morgan fingerprint density at radius 2 is 1.83 bits per heavy atom. The fourth-order valence-corrected chi connectivity index (χ4v) is 4.35. The van der Waals surface area contributed by atoms with Crippen LogP contribution >= 0.6 is 11.3 Å². The van der Waals surface area contributed by atoms with E-state index in [0.29, 0.717) is 34.7 Å². The molecule has 35 heavy (non-hydrogen) atoms. The Bertz CT molecular complexity index is 1320. The first-order valence-corrected chi connectivity index (χ1v) is 12.1. The Hall–Kier alpha value is -3.96. The van der Waals surface area contributed by atoms with Gasteiger partial charge in [-0.2, -0.15) is 4.98 Å². The summed E-state index contributed by atoms with van der Waals surface area (Å²) >= 11 is 1.39. The highest BCUT2D eigenvalue weighted by molar-refractivity contribution is 7.14. The van der Waals surface area contributed by atoms with Gasteiger partial charge in [-0.15, -0.1) is 11.3 Å². The van der Waals surface area contributed by atoms with Crippen LogP contribution in [0.15, 0.2) is 54.2 Å². The van der Waals surface area contributed by atoms with E-state index < -0.39 is 0 Å². The van der Waals surface area contributed by atoms with Gasteiger partial charge in [0.15, 0.2) is 5.82 Å². The number of thiophene rings is 1. The molecule has 1 aliphatic rings. The summed E-state index contributed by atoms with van der Waals surface area (Å²) in [5, 5.41) is 12.1. The number of esters is 1. The van der Waals surface area contributed by atoms with E-state index in [-0.39, 0.29) is 12.1 Å². The van der Waals surface area contributed by atoms with Crippen molar-refractivity contribution in [2.75, 3.05) is 23.7 Å². The number of pyridine rings is 1. The Balaban J connectivity index is 1.24. The summed E-state index contributed by atoms with van der Waals surface area (Å²) in [5.74, 6) is 1.76. The van der Waals surface area contributed by atoms with Crippen molar-refractivity contribution >= 4 is 39.9 Å². The molecule has 178 valence electrons. The average Bonchev–Trinajstić information content (AvgIpc) is 3.34. The van der Waals surface area contributed by atoms with Gasteiger partial charge in [0.2, 0.25) is 5.95 Å². The Morgan fingerprint density at radius 1 is 1.03 bits per heavy atom. The minimum Gasteiger partial charge on any atom is -0.459 e. The van der Waals surface area contributed by atoms with E-state index in [1.165, 1.54) is 11.3 Å². The number of nitrogens with zero attached hydrogens (tertiary/aromatic N) is 5. The fraction of sp³-hybridized carbons (Fsp3) is 0.250. The molecule has 0 saturated carbocycles. The maximum Gasteiger partial charge on any atom is 0.339 e. The van der Waals surface area contributed by atoms with Gasteiger partial charge in [0.05, 0.1) is 10.6 Å². The molecule has 11 heteroatoms. The quantitative estimate of drug-likeness (QED) is 0.327. The van der Waals surface area contributed by atoms with Crippen molar-refractivity contribution in [1.82, 2.24) is 30.2 Å². The number of carbonyl (C=O) groups excluding carboxylic acids is 1. The molecule has 3 N–H and O–H groups in total. The predicted octanol–water partition coefficient (Wildman–Crippen LogP) is 4.09. The molecule has 0 bridgehead atoms. The summed E-state index contributed by atoms with van der Waals surface area (Å²) in [6, 6.07) is 11.0. The number of rotatable bonds is 7. The van der Waals surface area contributed by atoms with Crippen LogP contribution < -0.4 is 16.0 Å². The van der Waals surface area contributed by atoms with Gasteiger partial charge in [-0.3, -0.25) is 0 Å². The van der Waals surface area contributed by atoms with Crippen molar-refractivity contribution in [1.29, 1.82) is 0 Å². The van der Waals surface area contributed by atoms with Crippen molar-refractivity contribution < 1.29 is 9.53 Å². The van der Waals surface area contributed by atoms with Crippen molar-refractivity contribution in [3.63, 3.8) is 0 Å². The van der Waals surface area contributed by atoms with Gasteiger partial charge < -0.3 is 20.7 Å². The second kappa shape index (κ2) is 10.5. The maximum atomic E-state index is 12.5. The molecule has 0 aromatic carbocycles. The minimum absolute atomic E-state index is 0.0323. The van der Waals surface area contributed by atoms with Crippen LogP contribution in [0.1, 0.15) is 28.9 Å². The highest BCUT2D eigenvalue weighted by Crippen LogP contribution is 2.25. The standard InChI is InChI=1S/C24H24N8O2S/c1-15-3-2-4-18(28-15)22-26-11-7-19(30-22)29-20-8-12-27-24(31-20)32-21-13-16(14-35-21)23(33)34-17-5-9-25-10-6-17/h2-4,7-8,11-14,17,25H,5-6,9-10H2,1H3,(H2,26,27,29,30,31,32). The zero-order chi connectivity index (χ0) is 24.0. The maximum absolute atomic E-state index is 12.5. The second-order valence-corrected chi connectivity index (χ2v) is 8.91. The predicted molar refractivity (Wildman–Crippen MR) is 134 cm³/mol. The highest BCUT2D eigenvalue weighted by Gasteiger charge is 2.19. The van der Waals surface area contributed by atoms with Gasteiger partial charge in [-0.05, 0) is 63.2 Å². The third-order valence-corrected chi connectivity index (χ3v) is 6.16. The molecule has 0 atom stereocenters. The number of ether oxygens (including phenoxy) is 1. The summed E-state index contributed by atoms with van der Waals surface area (Å²) < 4.78 is 5.62. The van der Waals surface area contributed by atoms with Gasteiger partial charge >= 0.3 is 5.97 Å². The molecular formula is C24H24N8O2S. The number of aromatic nitrogens is 5. The van der Waals surface area contributed by atoms with Gasteiger partial charge in [-0.1, -0.05) is 6.07 Å².